The van der Waals surface area contributed by atoms with Crippen molar-refractivity contribution in [2.45, 2.75) is 0 Å². The van der Waals surface area contributed by atoms with Crippen LogP contribution in [0.15, 0.2) is 52.5 Å². The summed E-state index contributed by atoms with van der Waals surface area (Å²) in [6.45, 7) is 0. The van der Waals surface area contributed by atoms with E-state index in [1.54, 1.807) is 49.6 Å². The van der Waals surface area contributed by atoms with Crippen molar-refractivity contribution in [2.24, 2.45) is 12.1 Å². The Balaban J connectivity index is 1.73. The first kappa shape index (κ1) is 17.7. The second kappa shape index (κ2) is 7.12. The molecule has 0 saturated carbocycles. The van der Waals surface area contributed by atoms with Gasteiger partial charge in [0.05, 0.1) is 22.9 Å². The van der Waals surface area contributed by atoms with Gasteiger partial charge in [0.2, 0.25) is 5.43 Å². The molecule has 138 valence electrons. The lowest BCUT2D eigenvalue weighted by Gasteiger charge is -2.07. The molecule has 0 spiro atoms. The molecule has 0 fully saturated rings. The van der Waals surface area contributed by atoms with Crippen molar-refractivity contribution in [1.29, 1.82) is 0 Å². The number of halogens is 1. The number of hydrogen-bond acceptors (Lipinski definition) is 7. The summed E-state index contributed by atoms with van der Waals surface area (Å²) in [6.07, 6.45) is 2.96. The molecule has 1 N–H and O–H groups in total. The zero-order valence-corrected chi connectivity index (χ0v) is 15.3. The molecule has 1 aromatic carbocycles. The zero-order valence-electron chi connectivity index (χ0n) is 14.5. The third-order valence-corrected chi connectivity index (χ3v) is 4.10. The van der Waals surface area contributed by atoms with Crippen LogP contribution in [0.25, 0.3) is 22.2 Å². The SMILES string of the molecule is Cn1nc(C(=O)N/N=C/c2ccccn2)c(=O)c2nc3cc(Cl)ccc3nc21. The average molecular weight is 394 g/mol. The van der Waals surface area contributed by atoms with Gasteiger partial charge in [-0.3, -0.25) is 14.6 Å². The van der Waals surface area contributed by atoms with E-state index in [-0.39, 0.29) is 16.9 Å². The van der Waals surface area contributed by atoms with E-state index in [1.807, 2.05) is 0 Å². The Morgan fingerprint density at radius 3 is 2.86 bits per heavy atom. The van der Waals surface area contributed by atoms with Crippen molar-refractivity contribution >= 4 is 45.9 Å². The number of amides is 1. The number of benzene rings is 1. The number of carbonyl (C=O) groups excluding carboxylic acids is 1. The van der Waals surface area contributed by atoms with Crippen molar-refractivity contribution < 1.29 is 4.79 Å². The van der Waals surface area contributed by atoms with Crippen molar-refractivity contribution in [3.8, 4) is 0 Å². The summed E-state index contributed by atoms with van der Waals surface area (Å²) >= 11 is 5.98. The van der Waals surface area contributed by atoms with Gasteiger partial charge < -0.3 is 0 Å². The fraction of sp³-hybridized carbons (Fsp3) is 0.0556. The second-order valence-corrected chi connectivity index (χ2v) is 6.22. The lowest BCUT2D eigenvalue weighted by molar-refractivity contribution is 0.0947. The minimum atomic E-state index is -0.761. The summed E-state index contributed by atoms with van der Waals surface area (Å²) in [5.74, 6) is -0.761. The lowest BCUT2D eigenvalue weighted by atomic mass is 10.2. The first-order valence-corrected chi connectivity index (χ1v) is 8.49. The fourth-order valence-electron chi connectivity index (χ4n) is 2.56. The van der Waals surface area contributed by atoms with E-state index in [0.717, 1.165) is 0 Å². The minimum absolute atomic E-state index is 0.0196. The molecule has 10 heteroatoms. The van der Waals surface area contributed by atoms with Crippen LogP contribution in [0.3, 0.4) is 0 Å². The summed E-state index contributed by atoms with van der Waals surface area (Å²) in [6, 6.07) is 10.2. The maximum atomic E-state index is 12.7. The maximum absolute atomic E-state index is 12.7. The number of nitrogens with zero attached hydrogens (tertiary/aromatic N) is 6. The third kappa shape index (κ3) is 3.30. The van der Waals surface area contributed by atoms with Crippen molar-refractivity contribution in [3.63, 3.8) is 0 Å². The topological polar surface area (TPSA) is 115 Å². The number of nitrogens with one attached hydrogen (secondary N) is 1. The molecule has 0 bridgehead atoms. The summed E-state index contributed by atoms with van der Waals surface area (Å²) < 4.78 is 1.33. The second-order valence-electron chi connectivity index (χ2n) is 5.78. The molecule has 4 rings (SSSR count). The van der Waals surface area contributed by atoms with Gasteiger partial charge in [0.25, 0.3) is 5.91 Å². The number of hydrazone groups is 1. The zero-order chi connectivity index (χ0) is 19.7. The van der Waals surface area contributed by atoms with Gasteiger partial charge in [-0.25, -0.2) is 20.1 Å². The van der Waals surface area contributed by atoms with Crippen molar-refractivity contribution in [2.75, 3.05) is 0 Å². The summed E-state index contributed by atoms with van der Waals surface area (Å²) in [7, 11) is 1.58. The van der Waals surface area contributed by atoms with Gasteiger partial charge in [-0.1, -0.05) is 17.7 Å². The van der Waals surface area contributed by atoms with E-state index < -0.39 is 11.3 Å². The fourth-order valence-corrected chi connectivity index (χ4v) is 2.73. The van der Waals surface area contributed by atoms with E-state index in [9.17, 15) is 9.59 Å². The highest BCUT2D eigenvalue weighted by Gasteiger charge is 2.18. The van der Waals surface area contributed by atoms with Gasteiger partial charge in [0.1, 0.15) is 0 Å². The Hall–Kier alpha value is -3.72. The van der Waals surface area contributed by atoms with Crippen LogP contribution < -0.4 is 10.9 Å². The minimum Gasteiger partial charge on any atom is -0.285 e. The molecule has 3 aromatic heterocycles. The quantitative estimate of drug-likeness (QED) is 0.322. The van der Waals surface area contributed by atoms with Gasteiger partial charge in [-0.2, -0.15) is 10.2 Å². The van der Waals surface area contributed by atoms with Crippen LogP contribution in [-0.4, -0.2) is 36.9 Å². The summed E-state index contributed by atoms with van der Waals surface area (Å²) in [5.41, 5.74) is 3.12. The number of hydrogen-bond donors (Lipinski definition) is 1. The Labute approximate surface area is 162 Å². The number of fused-ring (bicyclic) bond motifs is 2. The van der Waals surface area contributed by atoms with Crippen LogP contribution in [0.2, 0.25) is 5.02 Å². The first-order valence-electron chi connectivity index (χ1n) is 8.12. The summed E-state index contributed by atoms with van der Waals surface area (Å²) in [4.78, 5) is 37.9. The average Bonchev–Trinajstić information content (AvgIpc) is 2.70. The number of aryl methyl sites for hydroxylation is 1. The van der Waals surface area contributed by atoms with Crippen LogP contribution in [0.1, 0.15) is 16.2 Å². The summed E-state index contributed by atoms with van der Waals surface area (Å²) in [5, 5.41) is 8.29. The molecule has 0 saturated heterocycles. The maximum Gasteiger partial charge on any atom is 0.295 e. The molecule has 4 aromatic rings. The van der Waals surface area contributed by atoms with E-state index in [0.29, 0.717) is 21.7 Å². The van der Waals surface area contributed by atoms with Gasteiger partial charge in [0.15, 0.2) is 16.9 Å². The number of rotatable bonds is 3. The van der Waals surface area contributed by atoms with Crippen molar-refractivity contribution in [1.82, 2.24) is 30.2 Å². The molecule has 0 aliphatic carbocycles. The normalized spacial score (nSPS) is 11.4. The van der Waals surface area contributed by atoms with Gasteiger partial charge in [-0.05, 0) is 30.3 Å². The highest BCUT2D eigenvalue weighted by Crippen LogP contribution is 2.18. The van der Waals surface area contributed by atoms with Gasteiger partial charge in [0, 0.05) is 18.3 Å². The molecule has 1 amide bonds. The molecular weight excluding hydrogens is 382 g/mol. The van der Waals surface area contributed by atoms with Gasteiger partial charge >= 0.3 is 0 Å². The molecule has 9 nitrogen and oxygen atoms in total. The highest BCUT2D eigenvalue weighted by atomic mass is 35.5. The van der Waals surface area contributed by atoms with E-state index in [4.69, 9.17) is 11.6 Å². The van der Waals surface area contributed by atoms with E-state index in [1.165, 1.54) is 10.9 Å². The van der Waals surface area contributed by atoms with Crippen molar-refractivity contribution in [3.05, 3.63) is 69.2 Å². The Morgan fingerprint density at radius 1 is 1.21 bits per heavy atom. The molecule has 0 aliphatic heterocycles. The standard InChI is InChI=1S/C18H12ClN7O2/c1-26-17-14(22-13-8-10(19)5-6-12(13)23-17)16(27)15(25-26)18(28)24-21-9-11-4-2-3-7-20-11/h2-9H,1H3,(H,24,28)/b21-9+. The Bertz CT molecular complexity index is 1300. The molecular formula is C18H12ClN7O2. The predicted octanol–water partition coefficient (Wildman–Crippen LogP) is 1.69. The smallest absolute Gasteiger partial charge is 0.285 e. The predicted molar refractivity (Wildman–Crippen MR) is 104 cm³/mol. The molecule has 0 radical (unpaired) electrons. The molecule has 0 unspecified atom stereocenters. The molecule has 0 aliphatic rings. The van der Waals surface area contributed by atoms with Crippen LogP contribution in [0, 0.1) is 0 Å². The van der Waals surface area contributed by atoms with E-state index in [2.05, 4.69) is 30.6 Å². The first-order chi connectivity index (χ1) is 13.5. The van der Waals surface area contributed by atoms with E-state index >= 15 is 0 Å². The van der Waals surface area contributed by atoms with Crippen LogP contribution in [0.4, 0.5) is 0 Å². The van der Waals surface area contributed by atoms with Crippen LogP contribution in [0.5, 0.6) is 0 Å². The molecule has 3 heterocycles. The molecule has 0 atom stereocenters. The lowest BCUT2D eigenvalue weighted by Crippen LogP contribution is -2.29. The highest BCUT2D eigenvalue weighted by molar-refractivity contribution is 6.31. The Morgan fingerprint density at radius 2 is 2.07 bits per heavy atom. The number of aromatic nitrogens is 5. The molecule has 28 heavy (non-hydrogen) atoms. The monoisotopic (exact) mass is 393 g/mol. The third-order valence-electron chi connectivity index (χ3n) is 3.86. The largest absolute Gasteiger partial charge is 0.295 e. The van der Waals surface area contributed by atoms with Crippen LogP contribution >= 0.6 is 11.6 Å². The van der Waals surface area contributed by atoms with Crippen LogP contribution in [-0.2, 0) is 7.05 Å². The van der Waals surface area contributed by atoms with Gasteiger partial charge in [-0.15, -0.1) is 0 Å². The Kier molecular flexibility index (Phi) is 4.50. The number of carbonyl (C=O) groups is 1. The number of pyridine rings is 1.